The van der Waals surface area contributed by atoms with Crippen molar-refractivity contribution < 1.29 is 45.4 Å². The first-order valence-corrected chi connectivity index (χ1v) is 9.80. The van der Waals surface area contributed by atoms with Gasteiger partial charge in [-0.25, -0.2) is 4.39 Å². The van der Waals surface area contributed by atoms with Crippen LogP contribution in [0.3, 0.4) is 0 Å². The second-order valence-electron chi connectivity index (χ2n) is 7.80. The van der Waals surface area contributed by atoms with E-state index < -0.39 is 59.7 Å². The van der Waals surface area contributed by atoms with Crippen molar-refractivity contribution in [3.8, 4) is 5.75 Å². The monoisotopic (exact) mass is 491 g/mol. The van der Waals surface area contributed by atoms with Crippen molar-refractivity contribution in [2.75, 3.05) is 5.32 Å². The van der Waals surface area contributed by atoms with Crippen LogP contribution >= 0.6 is 0 Å². The molecule has 0 unspecified atom stereocenters. The average Bonchev–Trinajstić information content (AvgIpc) is 3.00. The van der Waals surface area contributed by atoms with Crippen LogP contribution in [0, 0.1) is 11.7 Å². The number of alkyl halides is 5. The zero-order valence-corrected chi connectivity index (χ0v) is 17.7. The molecule has 7 nitrogen and oxygen atoms in total. The first-order chi connectivity index (χ1) is 15.7. The van der Waals surface area contributed by atoms with Crippen molar-refractivity contribution >= 4 is 17.5 Å². The smallest absolute Gasteiger partial charge is 0.417 e. The summed E-state index contributed by atoms with van der Waals surface area (Å²) in [5.74, 6) is -6.62. The molecule has 4 atom stereocenters. The number of anilines is 1. The number of amides is 2. The first kappa shape index (κ1) is 25.3. The van der Waals surface area contributed by atoms with Gasteiger partial charge in [-0.2, -0.15) is 22.0 Å². The molecule has 1 aromatic carbocycles. The van der Waals surface area contributed by atoms with Crippen LogP contribution in [0.1, 0.15) is 35.8 Å². The number of halogens is 6. The van der Waals surface area contributed by atoms with E-state index in [4.69, 9.17) is 10.5 Å². The molecule has 3 rings (SSSR count). The lowest BCUT2D eigenvalue weighted by Crippen LogP contribution is -2.47. The van der Waals surface area contributed by atoms with Gasteiger partial charge in [-0.15, -0.1) is 0 Å². The summed E-state index contributed by atoms with van der Waals surface area (Å²) in [5, 5.41) is 2.32. The van der Waals surface area contributed by atoms with Crippen molar-refractivity contribution in [2.24, 2.45) is 11.7 Å². The Hall–Kier alpha value is -3.35. The summed E-state index contributed by atoms with van der Waals surface area (Å²) in [6, 6.07) is 4.76. The van der Waals surface area contributed by atoms with E-state index in [-0.39, 0.29) is 16.9 Å². The Balaban J connectivity index is 2.06. The number of carbonyl (C=O) groups is 2. The molecule has 2 aromatic rings. The largest absolute Gasteiger partial charge is 0.434 e. The number of nitrogens with zero attached hydrogens (tertiary/aromatic N) is 1. The molecule has 1 saturated heterocycles. The van der Waals surface area contributed by atoms with E-state index in [0.29, 0.717) is 6.07 Å². The predicted octanol–water partition coefficient (Wildman–Crippen LogP) is 4.00. The molecule has 0 aliphatic carbocycles. The predicted molar refractivity (Wildman–Crippen MR) is 106 cm³/mol. The van der Waals surface area contributed by atoms with Crippen molar-refractivity contribution in [3.05, 3.63) is 53.6 Å². The average molecular weight is 491 g/mol. The van der Waals surface area contributed by atoms with Gasteiger partial charge in [0.25, 0.3) is 11.8 Å². The van der Waals surface area contributed by atoms with Gasteiger partial charge in [0.05, 0.1) is 0 Å². The molecule has 1 fully saturated rings. The Morgan fingerprint density at radius 1 is 1.24 bits per heavy atom. The maximum Gasteiger partial charge on any atom is 0.417 e. The molecule has 2 amide bonds. The topological polar surface area (TPSA) is 104 Å². The van der Waals surface area contributed by atoms with Crippen molar-refractivity contribution in [1.29, 1.82) is 0 Å². The van der Waals surface area contributed by atoms with Gasteiger partial charge in [0.2, 0.25) is 0 Å². The minimum Gasteiger partial charge on any atom is -0.434 e. The molecule has 0 saturated carbocycles. The highest BCUT2D eigenvalue weighted by molar-refractivity contribution is 5.97. The van der Waals surface area contributed by atoms with Crippen LogP contribution in [0.15, 0.2) is 36.5 Å². The second-order valence-corrected chi connectivity index (χ2v) is 7.80. The van der Waals surface area contributed by atoms with Crippen LogP contribution in [0.2, 0.25) is 0 Å². The molecule has 2 heterocycles. The summed E-state index contributed by atoms with van der Waals surface area (Å²) < 4.78 is 90.9. The third kappa shape index (κ3) is 4.79. The highest BCUT2D eigenvalue weighted by Gasteiger charge is 2.65. The van der Waals surface area contributed by atoms with E-state index in [1.807, 2.05) is 0 Å². The summed E-state index contributed by atoms with van der Waals surface area (Å²) in [5.41, 5.74) is 1.77. The number of nitrogens with two attached hydrogens (primary N) is 1. The number of hydrogen-bond acceptors (Lipinski definition) is 5. The lowest BCUT2D eigenvalue weighted by molar-refractivity contribution is -0.272. The summed E-state index contributed by atoms with van der Waals surface area (Å²) in [6.45, 7) is -1.53. The zero-order chi connectivity index (χ0) is 25.4. The summed E-state index contributed by atoms with van der Waals surface area (Å²) >= 11 is 0. The summed E-state index contributed by atoms with van der Waals surface area (Å²) in [7, 11) is 0. The van der Waals surface area contributed by atoms with Gasteiger partial charge in [-0.05, 0) is 25.1 Å². The standard InChI is InChI=1S/C21H19F6N3O4/c1-9-15(12-4-3-10(22)7-14(12)33-19(23)24)16(34-20(9,2)21(25,26)27)18(32)30-11-5-6-29-13(8-11)17(28)31/h3-9,15-16,19H,1-2H3,(H2,28,31)(H,29,30,32)/t9-,15+,16-,20+/m1/s1. The zero-order valence-electron chi connectivity index (χ0n) is 17.7. The second kappa shape index (κ2) is 9.12. The van der Waals surface area contributed by atoms with Crippen LogP contribution in [-0.2, 0) is 9.53 Å². The molecule has 1 aromatic heterocycles. The molecule has 0 bridgehead atoms. The summed E-state index contributed by atoms with van der Waals surface area (Å²) in [6.07, 6.45) is -5.66. The van der Waals surface area contributed by atoms with E-state index in [0.717, 1.165) is 38.2 Å². The number of rotatable bonds is 6. The van der Waals surface area contributed by atoms with Crippen molar-refractivity contribution in [1.82, 2.24) is 4.98 Å². The summed E-state index contributed by atoms with van der Waals surface area (Å²) in [4.78, 5) is 28.0. The number of carbonyl (C=O) groups excluding carboxylic acids is 2. The van der Waals surface area contributed by atoms with Crippen LogP contribution in [0.4, 0.5) is 32.0 Å². The molecule has 1 aliphatic rings. The highest BCUT2D eigenvalue weighted by Crippen LogP contribution is 2.54. The van der Waals surface area contributed by atoms with E-state index in [9.17, 15) is 35.9 Å². The SMILES string of the molecule is C[C@@H]1[C@@H](c2ccc(F)cc2OC(F)F)[C@H](C(=O)Nc2ccnc(C(N)=O)c2)O[C@]1(C)C(F)(F)F. The van der Waals surface area contributed by atoms with Gasteiger partial charge in [0.15, 0.2) is 5.60 Å². The van der Waals surface area contributed by atoms with E-state index in [1.165, 1.54) is 6.07 Å². The van der Waals surface area contributed by atoms with E-state index in [1.54, 1.807) is 0 Å². The lowest BCUT2D eigenvalue weighted by atomic mass is 9.77. The number of nitrogens with one attached hydrogen (secondary N) is 1. The quantitative estimate of drug-likeness (QED) is 0.595. The molecule has 0 radical (unpaired) electrons. The number of hydrogen-bond donors (Lipinski definition) is 2. The molecule has 34 heavy (non-hydrogen) atoms. The van der Waals surface area contributed by atoms with Crippen LogP contribution in [0.5, 0.6) is 5.75 Å². The van der Waals surface area contributed by atoms with Gasteiger partial charge >= 0.3 is 12.8 Å². The van der Waals surface area contributed by atoms with E-state index >= 15 is 0 Å². The van der Waals surface area contributed by atoms with Gasteiger partial charge < -0.3 is 20.5 Å². The Bertz CT molecular complexity index is 1100. The number of benzene rings is 1. The van der Waals surface area contributed by atoms with Gasteiger partial charge in [0, 0.05) is 35.3 Å². The normalized spacial score (nSPS) is 24.8. The first-order valence-electron chi connectivity index (χ1n) is 9.80. The highest BCUT2D eigenvalue weighted by atomic mass is 19.4. The Labute approximate surface area is 189 Å². The van der Waals surface area contributed by atoms with Gasteiger partial charge in [-0.1, -0.05) is 13.0 Å². The fourth-order valence-corrected chi connectivity index (χ4v) is 3.86. The van der Waals surface area contributed by atoms with Crippen molar-refractivity contribution in [3.63, 3.8) is 0 Å². The fourth-order valence-electron chi connectivity index (χ4n) is 3.86. The van der Waals surface area contributed by atoms with Crippen molar-refractivity contribution in [2.45, 2.75) is 44.3 Å². The third-order valence-electron chi connectivity index (χ3n) is 5.76. The molecular weight excluding hydrogens is 472 g/mol. The van der Waals surface area contributed by atoms with Gasteiger partial charge in [0.1, 0.15) is 23.4 Å². The van der Waals surface area contributed by atoms with Crippen LogP contribution in [-0.4, -0.2) is 41.3 Å². The fraction of sp³-hybridized carbons (Fsp3) is 0.381. The molecule has 0 spiro atoms. The maximum absolute atomic E-state index is 13.9. The molecule has 13 heteroatoms. The van der Waals surface area contributed by atoms with E-state index in [2.05, 4.69) is 15.0 Å². The molecular formula is C21H19F6N3O4. The number of pyridine rings is 1. The number of primary amides is 1. The molecule has 184 valence electrons. The number of aromatic nitrogens is 1. The van der Waals surface area contributed by atoms with Crippen LogP contribution in [0.25, 0.3) is 0 Å². The lowest BCUT2D eigenvalue weighted by Gasteiger charge is -2.32. The molecule has 1 aliphatic heterocycles. The third-order valence-corrected chi connectivity index (χ3v) is 5.76. The molecule has 3 N–H and O–H groups in total. The Kier molecular flexibility index (Phi) is 6.78. The Morgan fingerprint density at radius 2 is 1.91 bits per heavy atom. The minimum atomic E-state index is -4.95. The van der Waals surface area contributed by atoms with Crippen LogP contribution < -0.4 is 15.8 Å². The Morgan fingerprint density at radius 3 is 2.50 bits per heavy atom. The van der Waals surface area contributed by atoms with Gasteiger partial charge in [-0.3, -0.25) is 14.6 Å². The number of ether oxygens (including phenoxy) is 2. The minimum absolute atomic E-state index is 0.0208. The maximum atomic E-state index is 13.9.